The molecular weight excluding hydrogens is 655 g/mol. The van der Waals surface area contributed by atoms with Crippen LogP contribution in [-0.4, -0.2) is 89.8 Å². The van der Waals surface area contributed by atoms with Crippen LogP contribution in [0.5, 0.6) is 17.4 Å². The Labute approximate surface area is 287 Å². The Hall–Kier alpha value is -4.29. The van der Waals surface area contributed by atoms with Crippen molar-refractivity contribution in [2.24, 2.45) is 0 Å². The van der Waals surface area contributed by atoms with Gasteiger partial charge < -0.3 is 24.2 Å². The number of benzene rings is 3. The number of pyridine rings is 1. The van der Waals surface area contributed by atoms with Crippen LogP contribution in [0.2, 0.25) is 5.02 Å². The van der Waals surface area contributed by atoms with Crippen LogP contribution < -0.4 is 14.2 Å². The summed E-state index contributed by atoms with van der Waals surface area (Å²) >= 11 is 8.10. The lowest BCUT2D eigenvalue weighted by atomic mass is 9.93. The number of aromatic nitrogens is 2. The smallest absolute Gasteiger partial charge is 0.345 e. The third-order valence-corrected chi connectivity index (χ3v) is 9.82. The Morgan fingerprint density at radius 3 is 2.62 bits per heavy atom. The first-order valence-corrected chi connectivity index (χ1v) is 16.8. The average Bonchev–Trinajstić information content (AvgIpc) is 3.50. The highest BCUT2D eigenvalue weighted by molar-refractivity contribution is 7.13. The number of para-hydroxylation sites is 1. The van der Waals surface area contributed by atoms with E-state index < -0.39 is 17.9 Å². The number of aliphatic carboxylic acids is 1. The minimum absolute atomic E-state index is 0.0422. The second-order valence-electron chi connectivity index (χ2n) is 11.7. The molecule has 1 N–H and O–H groups in total. The molecule has 0 spiro atoms. The number of piperazine rings is 1. The van der Waals surface area contributed by atoms with Crippen molar-refractivity contribution in [1.82, 2.24) is 19.2 Å². The van der Waals surface area contributed by atoms with E-state index in [0.29, 0.717) is 61.2 Å². The fraction of sp³-hybridized carbons (Fsp3) is 0.306. The summed E-state index contributed by atoms with van der Waals surface area (Å²) < 4.78 is 37.6. The third-order valence-electron chi connectivity index (χ3n) is 8.59. The summed E-state index contributed by atoms with van der Waals surface area (Å²) in [6, 6.07) is 17.1. The van der Waals surface area contributed by atoms with Crippen LogP contribution in [0.3, 0.4) is 0 Å². The third kappa shape index (κ3) is 7.24. The topological polar surface area (TPSA) is 97.3 Å². The molecule has 1 fully saturated rings. The van der Waals surface area contributed by atoms with Crippen LogP contribution in [0.15, 0.2) is 66.9 Å². The van der Waals surface area contributed by atoms with Crippen molar-refractivity contribution in [2.75, 3.05) is 53.5 Å². The van der Waals surface area contributed by atoms with E-state index in [-0.39, 0.29) is 12.3 Å². The minimum atomic E-state index is -1.27. The van der Waals surface area contributed by atoms with E-state index in [9.17, 15) is 14.3 Å². The maximum absolute atomic E-state index is 14.5. The summed E-state index contributed by atoms with van der Waals surface area (Å²) in [6.07, 6.45) is 0.415. The zero-order valence-electron chi connectivity index (χ0n) is 26.9. The van der Waals surface area contributed by atoms with E-state index in [1.54, 1.807) is 30.5 Å². The standard InChI is InChI=1S/C36H36ClFN4O5S/c1-22-26(11-12-28(33(22)37)46-18-17-42-15-13-41(2)14-16-42)31-32-30(21-39-34(31)24-8-6-9-25(38)19-24)48-40-35(32)47-29(36(43)44)20-23-7-4-5-10-27(23)45-3/h4-12,19,21,29H,13-18,20H2,1-3H3,(H,43,44). The molecule has 2 aromatic heterocycles. The van der Waals surface area contributed by atoms with E-state index in [4.69, 9.17) is 30.8 Å². The number of carboxylic acid groups (broad SMARTS) is 1. The lowest BCUT2D eigenvalue weighted by Gasteiger charge is -2.32. The molecule has 1 aliphatic rings. The monoisotopic (exact) mass is 690 g/mol. The Balaban J connectivity index is 1.40. The molecule has 1 saturated heterocycles. The van der Waals surface area contributed by atoms with Gasteiger partial charge in [0, 0.05) is 56.5 Å². The summed E-state index contributed by atoms with van der Waals surface area (Å²) in [6.45, 7) is 7.21. The lowest BCUT2D eigenvalue weighted by Crippen LogP contribution is -2.45. The van der Waals surface area contributed by atoms with E-state index >= 15 is 0 Å². The van der Waals surface area contributed by atoms with Gasteiger partial charge >= 0.3 is 5.97 Å². The van der Waals surface area contributed by atoms with Gasteiger partial charge in [-0.3, -0.25) is 9.88 Å². The molecule has 0 saturated carbocycles. The molecule has 1 aliphatic heterocycles. The number of hydrogen-bond donors (Lipinski definition) is 1. The van der Waals surface area contributed by atoms with Crippen LogP contribution in [0.1, 0.15) is 11.1 Å². The number of likely N-dealkylation sites (N-methyl/N-ethyl adjacent to an activating group) is 1. The van der Waals surface area contributed by atoms with Crippen molar-refractivity contribution in [3.63, 3.8) is 0 Å². The van der Waals surface area contributed by atoms with Crippen LogP contribution in [0.25, 0.3) is 32.5 Å². The lowest BCUT2D eigenvalue weighted by molar-refractivity contribution is -0.145. The molecule has 0 radical (unpaired) electrons. The van der Waals surface area contributed by atoms with Crippen LogP contribution in [0, 0.1) is 12.7 Å². The number of carbonyl (C=O) groups is 1. The average molecular weight is 691 g/mol. The number of halogens is 2. The van der Waals surface area contributed by atoms with Crippen molar-refractivity contribution < 1.29 is 28.5 Å². The highest BCUT2D eigenvalue weighted by atomic mass is 35.5. The van der Waals surface area contributed by atoms with Gasteiger partial charge in [0.1, 0.15) is 23.9 Å². The predicted molar refractivity (Wildman–Crippen MR) is 186 cm³/mol. The molecule has 3 heterocycles. The minimum Gasteiger partial charge on any atom is -0.496 e. The van der Waals surface area contributed by atoms with Crippen LogP contribution in [-0.2, 0) is 11.2 Å². The number of methoxy groups -OCH3 is 1. The first-order chi connectivity index (χ1) is 23.2. The fourth-order valence-electron chi connectivity index (χ4n) is 5.89. The molecule has 12 heteroatoms. The van der Waals surface area contributed by atoms with Gasteiger partial charge in [0.25, 0.3) is 0 Å². The number of carboxylic acids is 1. The highest BCUT2D eigenvalue weighted by Crippen LogP contribution is 2.46. The Morgan fingerprint density at radius 1 is 1.08 bits per heavy atom. The van der Waals surface area contributed by atoms with E-state index in [1.807, 2.05) is 31.2 Å². The van der Waals surface area contributed by atoms with Crippen molar-refractivity contribution in [1.29, 1.82) is 0 Å². The maximum atomic E-state index is 14.5. The quantitative estimate of drug-likeness (QED) is 0.151. The molecule has 250 valence electrons. The molecular formula is C36H36ClFN4O5S. The van der Waals surface area contributed by atoms with Gasteiger partial charge in [-0.25, -0.2) is 9.18 Å². The van der Waals surface area contributed by atoms with Gasteiger partial charge in [-0.1, -0.05) is 48.0 Å². The number of ether oxygens (including phenoxy) is 3. The summed E-state index contributed by atoms with van der Waals surface area (Å²) in [5, 5.41) is 11.2. The zero-order chi connectivity index (χ0) is 33.8. The Morgan fingerprint density at radius 2 is 1.88 bits per heavy atom. The SMILES string of the molecule is COc1ccccc1CC(Oc1nsc2cnc(-c3cccc(F)c3)c(-c3ccc(OCCN4CCN(C)CC4)c(Cl)c3C)c12)C(=O)O. The van der Waals surface area contributed by atoms with Gasteiger partial charge in [-0.05, 0) is 66.5 Å². The molecule has 0 aliphatic carbocycles. The van der Waals surface area contributed by atoms with Gasteiger partial charge in [-0.15, -0.1) is 0 Å². The van der Waals surface area contributed by atoms with Gasteiger partial charge in [0.15, 0.2) is 0 Å². The second kappa shape index (κ2) is 14.9. The number of rotatable bonds is 12. The van der Waals surface area contributed by atoms with Crippen molar-refractivity contribution in [3.8, 4) is 39.8 Å². The number of fused-ring (bicyclic) bond motifs is 1. The van der Waals surface area contributed by atoms with Crippen LogP contribution in [0.4, 0.5) is 4.39 Å². The molecule has 48 heavy (non-hydrogen) atoms. The molecule has 0 bridgehead atoms. The largest absolute Gasteiger partial charge is 0.496 e. The summed E-state index contributed by atoms with van der Waals surface area (Å²) in [5.74, 6) is -0.315. The Kier molecular flexibility index (Phi) is 10.4. The molecule has 3 aromatic carbocycles. The van der Waals surface area contributed by atoms with Gasteiger partial charge in [0.2, 0.25) is 12.0 Å². The number of nitrogens with zero attached hydrogens (tertiary/aromatic N) is 4. The highest BCUT2D eigenvalue weighted by Gasteiger charge is 2.28. The first-order valence-electron chi connectivity index (χ1n) is 15.6. The van der Waals surface area contributed by atoms with Crippen LogP contribution >= 0.6 is 23.1 Å². The second-order valence-corrected chi connectivity index (χ2v) is 12.9. The Bertz CT molecular complexity index is 1930. The van der Waals surface area contributed by atoms with E-state index in [2.05, 4.69) is 21.2 Å². The molecule has 6 rings (SSSR count). The molecule has 1 unspecified atom stereocenters. The van der Waals surface area contributed by atoms with E-state index in [1.165, 1.54) is 19.2 Å². The van der Waals surface area contributed by atoms with Crippen molar-refractivity contribution in [2.45, 2.75) is 19.4 Å². The maximum Gasteiger partial charge on any atom is 0.345 e. The van der Waals surface area contributed by atoms with Gasteiger partial charge in [0.05, 0.1) is 27.9 Å². The summed E-state index contributed by atoms with van der Waals surface area (Å²) in [4.78, 5) is 21.9. The normalized spacial score (nSPS) is 14.6. The zero-order valence-corrected chi connectivity index (χ0v) is 28.5. The van der Waals surface area contributed by atoms with Crippen molar-refractivity contribution in [3.05, 3.63) is 88.8 Å². The van der Waals surface area contributed by atoms with Crippen molar-refractivity contribution >= 4 is 39.2 Å². The molecule has 5 aromatic rings. The summed E-state index contributed by atoms with van der Waals surface area (Å²) in [7, 11) is 3.66. The molecule has 1 atom stereocenters. The van der Waals surface area contributed by atoms with Gasteiger partial charge in [-0.2, -0.15) is 4.37 Å². The molecule has 9 nitrogen and oxygen atoms in total. The van der Waals surface area contributed by atoms with E-state index in [0.717, 1.165) is 49.8 Å². The predicted octanol–water partition coefficient (Wildman–Crippen LogP) is 6.84. The first kappa shape index (κ1) is 33.6. The fourth-order valence-corrected chi connectivity index (χ4v) is 6.81. The summed E-state index contributed by atoms with van der Waals surface area (Å²) in [5.41, 5.74) is 3.74. The molecule has 0 amide bonds. The number of hydrogen-bond acceptors (Lipinski definition) is 9.